The molecule has 86 valence electrons. The number of hydrogen-bond acceptors (Lipinski definition) is 1. The first-order valence-electron chi connectivity index (χ1n) is 6.11. The van der Waals surface area contributed by atoms with Crippen molar-refractivity contribution < 1.29 is 0 Å². The molecule has 1 atom stereocenters. The minimum Gasteiger partial charge on any atom is -0.316 e. The van der Waals surface area contributed by atoms with Crippen LogP contribution >= 0.6 is 15.9 Å². The van der Waals surface area contributed by atoms with Crippen molar-refractivity contribution in [1.82, 2.24) is 5.32 Å². The highest BCUT2D eigenvalue weighted by atomic mass is 79.9. The Morgan fingerprint density at radius 1 is 1.14 bits per heavy atom. The van der Waals surface area contributed by atoms with Crippen molar-refractivity contribution in [2.45, 2.75) is 52.4 Å². The maximum Gasteiger partial charge on any atom is 0.00317 e. The molecule has 0 saturated carbocycles. The van der Waals surface area contributed by atoms with E-state index in [0.29, 0.717) is 0 Å². The highest BCUT2D eigenvalue weighted by Gasteiger charge is 2.04. The van der Waals surface area contributed by atoms with Gasteiger partial charge in [0.1, 0.15) is 0 Å². The SMILES string of the molecule is CCCCC(CC)CNCCCCBr. The first-order chi connectivity index (χ1) is 6.85. The first-order valence-corrected chi connectivity index (χ1v) is 7.23. The van der Waals surface area contributed by atoms with Gasteiger partial charge in [-0.15, -0.1) is 0 Å². The molecule has 2 heteroatoms. The zero-order valence-corrected chi connectivity index (χ0v) is 11.4. The summed E-state index contributed by atoms with van der Waals surface area (Å²) < 4.78 is 0. The van der Waals surface area contributed by atoms with Gasteiger partial charge in [0, 0.05) is 5.33 Å². The lowest BCUT2D eigenvalue weighted by molar-refractivity contribution is 0.418. The summed E-state index contributed by atoms with van der Waals surface area (Å²) in [5.74, 6) is 0.902. The Labute approximate surface area is 98.2 Å². The van der Waals surface area contributed by atoms with E-state index in [2.05, 4.69) is 35.1 Å². The van der Waals surface area contributed by atoms with E-state index in [1.54, 1.807) is 0 Å². The molecule has 0 saturated heterocycles. The van der Waals surface area contributed by atoms with Crippen LogP contribution in [0, 0.1) is 5.92 Å². The minimum atomic E-state index is 0.902. The van der Waals surface area contributed by atoms with Gasteiger partial charge in [-0.25, -0.2) is 0 Å². The van der Waals surface area contributed by atoms with Crippen molar-refractivity contribution in [2.75, 3.05) is 18.4 Å². The van der Waals surface area contributed by atoms with Gasteiger partial charge in [-0.2, -0.15) is 0 Å². The molecule has 0 aromatic carbocycles. The third-order valence-electron chi connectivity index (χ3n) is 2.71. The molecule has 0 aromatic rings. The Morgan fingerprint density at radius 3 is 2.50 bits per heavy atom. The quantitative estimate of drug-likeness (QED) is 0.465. The van der Waals surface area contributed by atoms with Crippen molar-refractivity contribution in [1.29, 1.82) is 0 Å². The van der Waals surface area contributed by atoms with Crippen molar-refractivity contribution >= 4 is 15.9 Å². The fraction of sp³-hybridized carbons (Fsp3) is 1.00. The topological polar surface area (TPSA) is 12.0 Å². The predicted octanol–water partition coefficient (Wildman–Crippen LogP) is 3.97. The first kappa shape index (κ1) is 14.4. The van der Waals surface area contributed by atoms with Crippen LogP contribution in [0.25, 0.3) is 0 Å². The average Bonchev–Trinajstić information content (AvgIpc) is 2.22. The van der Waals surface area contributed by atoms with Gasteiger partial charge in [-0.3, -0.25) is 0 Å². The molecule has 1 unspecified atom stereocenters. The van der Waals surface area contributed by atoms with Gasteiger partial charge >= 0.3 is 0 Å². The lowest BCUT2D eigenvalue weighted by Crippen LogP contribution is -2.23. The summed E-state index contributed by atoms with van der Waals surface area (Å²) in [5.41, 5.74) is 0. The summed E-state index contributed by atoms with van der Waals surface area (Å²) in [7, 11) is 0. The molecular weight excluding hydrogens is 238 g/mol. The van der Waals surface area contributed by atoms with Gasteiger partial charge in [-0.1, -0.05) is 49.0 Å². The van der Waals surface area contributed by atoms with E-state index < -0.39 is 0 Å². The predicted molar refractivity (Wildman–Crippen MR) is 69.2 cm³/mol. The van der Waals surface area contributed by atoms with Crippen molar-refractivity contribution in [3.05, 3.63) is 0 Å². The number of rotatable bonds is 10. The fourth-order valence-corrected chi connectivity index (χ4v) is 1.99. The average molecular weight is 264 g/mol. The molecule has 0 bridgehead atoms. The van der Waals surface area contributed by atoms with Crippen LogP contribution in [0.15, 0.2) is 0 Å². The van der Waals surface area contributed by atoms with Crippen molar-refractivity contribution in [3.63, 3.8) is 0 Å². The lowest BCUT2D eigenvalue weighted by atomic mass is 9.99. The molecular formula is C12H26BrN. The van der Waals surface area contributed by atoms with E-state index >= 15 is 0 Å². The molecule has 0 fully saturated rings. The summed E-state index contributed by atoms with van der Waals surface area (Å²) in [6, 6.07) is 0. The van der Waals surface area contributed by atoms with Gasteiger partial charge in [0.05, 0.1) is 0 Å². The van der Waals surface area contributed by atoms with E-state index in [4.69, 9.17) is 0 Å². The van der Waals surface area contributed by atoms with Gasteiger partial charge in [0.2, 0.25) is 0 Å². The molecule has 1 nitrogen and oxygen atoms in total. The Morgan fingerprint density at radius 2 is 1.93 bits per heavy atom. The fourth-order valence-electron chi connectivity index (χ4n) is 1.59. The van der Waals surface area contributed by atoms with Crippen molar-refractivity contribution in [3.8, 4) is 0 Å². The van der Waals surface area contributed by atoms with Crippen LogP contribution in [0.3, 0.4) is 0 Å². The highest BCUT2D eigenvalue weighted by Crippen LogP contribution is 2.11. The number of unbranched alkanes of at least 4 members (excludes halogenated alkanes) is 2. The molecule has 0 aliphatic carbocycles. The van der Waals surface area contributed by atoms with Crippen LogP contribution in [0.2, 0.25) is 0 Å². The van der Waals surface area contributed by atoms with Crippen LogP contribution in [0.1, 0.15) is 52.4 Å². The van der Waals surface area contributed by atoms with Crippen LogP contribution in [0.5, 0.6) is 0 Å². The number of halogens is 1. The van der Waals surface area contributed by atoms with E-state index in [1.807, 2.05) is 0 Å². The standard InChI is InChI=1S/C12H26BrN/c1-3-5-8-12(4-2)11-14-10-7-6-9-13/h12,14H,3-11H2,1-2H3. The summed E-state index contributed by atoms with van der Waals surface area (Å²) in [4.78, 5) is 0. The molecule has 0 aliphatic heterocycles. The van der Waals surface area contributed by atoms with Crippen LogP contribution in [0.4, 0.5) is 0 Å². The molecule has 0 rings (SSSR count). The maximum atomic E-state index is 3.56. The van der Waals surface area contributed by atoms with Crippen LogP contribution in [-0.2, 0) is 0 Å². The normalized spacial score (nSPS) is 13.1. The second kappa shape index (κ2) is 11.5. The lowest BCUT2D eigenvalue weighted by Gasteiger charge is -2.14. The van der Waals surface area contributed by atoms with E-state index in [1.165, 1.54) is 51.6 Å². The minimum absolute atomic E-state index is 0.902. The van der Waals surface area contributed by atoms with Crippen LogP contribution in [-0.4, -0.2) is 18.4 Å². The Balaban J connectivity index is 3.24. The molecule has 0 aromatic heterocycles. The third kappa shape index (κ3) is 9.01. The van der Waals surface area contributed by atoms with Crippen LogP contribution < -0.4 is 5.32 Å². The highest BCUT2D eigenvalue weighted by molar-refractivity contribution is 9.09. The van der Waals surface area contributed by atoms with Gasteiger partial charge in [-0.05, 0) is 38.3 Å². The van der Waals surface area contributed by atoms with E-state index in [-0.39, 0.29) is 0 Å². The van der Waals surface area contributed by atoms with Gasteiger partial charge in [0.15, 0.2) is 0 Å². The summed E-state index contributed by atoms with van der Waals surface area (Å²) in [5, 5.41) is 4.70. The van der Waals surface area contributed by atoms with E-state index in [9.17, 15) is 0 Å². The zero-order chi connectivity index (χ0) is 10.6. The molecule has 1 N–H and O–H groups in total. The summed E-state index contributed by atoms with van der Waals surface area (Å²) in [6.45, 7) is 6.99. The summed E-state index contributed by atoms with van der Waals surface area (Å²) in [6.07, 6.45) is 8.04. The Kier molecular flexibility index (Phi) is 11.9. The molecule has 14 heavy (non-hydrogen) atoms. The largest absolute Gasteiger partial charge is 0.316 e. The molecule has 0 spiro atoms. The maximum absolute atomic E-state index is 3.56. The Bertz CT molecular complexity index is 106. The molecule has 0 radical (unpaired) electrons. The smallest absolute Gasteiger partial charge is 0.00317 e. The second-order valence-electron chi connectivity index (χ2n) is 4.02. The second-order valence-corrected chi connectivity index (χ2v) is 4.81. The van der Waals surface area contributed by atoms with E-state index in [0.717, 1.165) is 11.2 Å². The van der Waals surface area contributed by atoms with Gasteiger partial charge in [0.25, 0.3) is 0 Å². The third-order valence-corrected chi connectivity index (χ3v) is 3.27. The number of hydrogen-bond donors (Lipinski definition) is 1. The van der Waals surface area contributed by atoms with Gasteiger partial charge < -0.3 is 5.32 Å². The Hall–Kier alpha value is 0.440. The summed E-state index contributed by atoms with van der Waals surface area (Å²) >= 11 is 3.45. The number of alkyl halides is 1. The molecule has 0 aliphatic rings. The monoisotopic (exact) mass is 263 g/mol. The number of nitrogens with one attached hydrogen (secondary N) is 1. The molecule has 0 amide bonds. The molecule has 0 heterocycles. The van der Waals surface area contributed by atoms with Crippen molar-refractivity contribution in [2.24, 2.45) is 5.92 Å². The zero-order valence-electron chi connectivity index (χ0n) is 9.82.